The molecule has 0 aliphatic carbocycles. The largest absolute Gasteiger partial charge is 0.508 e. The van der Waals surface area contributed by atoms with E-state index >= 15 is 0 Å². The summed E-state index contributed by atoms with van der Waals surface area (Å²) >= 11 is 5.78. The van der Waals surface area contributed by atoms with E-state index in [1.807, 2.05) is 6.07 Å². The summed E-state index contributed by atoms with van der Waals surface area (Å²) in [7, 11) is 0. The molecular weight excluding hydrogens is 288 g/mol. The predicted octanol–water partition coefficient (Wildman–Crippen LogP) is 3.59. The van der Waals surface area contributed by atoms with Crippen molar-refractivity contribution in [1.29, 1.82) is 5.26 Å². The van der Waals surface area contributed by atoms with Gasteiger partial charge in [0, 0.05) is 10.7 Å². The first kappa shape index (κ1) is 14.6. The third kappa shape index (κ3) is 4.10. The number of phenols is 1. The fraction of sp³-hybridized carbons (Fsp3) is 0. The lowest BCUT2D eigenvalue weighted by atomic mass is 10.1. The zero-order valence-electron chi connectivity index (χ0n) is 10.9. The molecule has 1 amide bonds. The summed E-state index contributed by atoms with van der Waals surface area (Å²) in [5.41, 5.74) is 1.18. The van der Waals surface area contributed by atoms with Crippen molar-refractivity contribution in [2.75, 3.05) is 5.32 Å². The van der Waals surface area contributed by atoms with Gasteiger partial charge in [-0.2, -0.15) is 5.26 Å². The maximum atomic E-state index is 12.0. The Hall–Kier alpha value is -2.77. The number of phenolic OH excluding ortho intramolecular Hbond substituents is 1. The molecule has 0 spiro atoms. The van der Waals surface area contributed by atoms with E-state index in [1.54, 1.807) is 36.4 Å². The Morgan fingerprint density at radius 1 is 1.14 bits per heavy atom. The molecule has 0 aliphatic rings. The summed E-state index contributed by atoms with van der Waals surface area (Å²) in [4.78, 5) is 12.0. The topological polar surface area (TPSA) is 73.1 Å². The molecule has 2 rings (SSSR count). The van der Waals surface area contributed by atoms with E-state index < -0.39 is 5.91 Å². The Balaban J connectivity index is 2.17. The summed E-state index contributed by atoms with van der Waals surface area (Å²) in [6.45, 7) is 0. The normalized spacial score (nSPS) is 10.8. The van der Waals surface area contributed by atoms with Crippen LogP contribution in [0.1, 0.15) is 5.56 Å². The monoisotopic (exact) mass is 298 g/mol. The first-order chi connectivity index (χ1) is 10.1. The summed E-state index contributed by atoms with van der Waals surface area (Å²) in [6.07, 6.45) is 1.48. The van der Waals surface area contributed by atoms with Crippen LogP contribution < -0.4 is 5.32 Å². The molecule has 2 aromatic carbocycles. The number of nitriles is 1. The van der Waals surface area contributed by atoms with Crippen molar-refractivity contribution in [2.24, 2.45) is 0 Å². The fourth-order valence-corrected chi connectivity index (χ4v) is 1.74. The van der Waals surface area contributed by atoms with Gasteiger partial charge in [0.15, 0.2) is 0 Å². The van der Waals surface area contributed by atoms with Crippen LogP contribution in [-0.4, -0.2) is 11.0 Å². The molecule has 0 bridgehead atoms. The van der Waals surface area contributed by atoms with Crippen LogP contribution in [0.2, 0.25) is 5.02 Å². The van der Waals surface area contributed by atoms with Crippen molar-refractivity contribution >= 4 is 29.3 Å². The Labute approximate surface area is 126 Å². The van der Waals surface area contributed by atoms with Gasteiger partial charge in [0.25, 0.3) is 5.91 Å². The number of halogens is 1. The van der Waals surface area contributed by atoms with Crippen molar-refractivity contribution < 1.29 is 9.90 Å². The molecule has 0 aromatic heterocycles. The predicted molar refractivity (Wildman–Crippen MR) is 81.8 cm³/mol. The van der Waals surface area contributed by atoms with E-state index in [0.717, 1.165) is 0 Å². The number of nitrogens with zero attached hydrogens (tertiary/aromatic N) is 1. The SMILES string of the molecule is N#CC(=Cc1ccc(Cl)cc1)C(=O)Nc1ccc(O)cc1. The van der Waals surface area contributed by atoms with Gasteiger partial charge in [-0.1, -0.05) is 23.7 Å². The lowest BCUT2D eigenvalue weighted by Gasteiger charge is -2.04. The molecule has 0 saturated carbocycles. The molecule has 0 heterocycles. The minimum absolute atomic E-state index is 0.0228. The highest BCUT2D eigenvalue weighted by atomic mass is 35.5. The molecule has 0 radical (unpaired) electrons. The van der Waals surface area contributed by atoms with Crippen LogP contribution in [0.3, 0.4) is 0 Å². The van der Waals surface area contributed by atoms with Crippen LogP contribution in [0, 0.1) is 11.3 Å². The summed E-state index contributed by atoms with van der Waals surface area (Å²) < 4.78 is 0. The molecule has 5 heteroatoms. The van der Waals surface area contributed by atoms with Crippen LogP contribution in [-0.2, 0) is 4.79 Å². The van der Waals surface area contributed by atoms with E-state index in [1.165, 1.54) is 18.2 Å². The van der Waals surface area contributed by atoms with E-state index in [9.17, 15) is 9.90 Å². The van der Waals surface area contributed by atoms with Crippen LogP contribution in [0.15, 0.2) is 54.1 Å². The standard InChI is InChI=1S/C16H11ClN2O2/c17-13-3-1-11(2-4-13)9-12(10-18)16(21)19-14-5-7-15(20)8-6-14/h1-9,20H,(H,19,21). The Morgan fingerprint density at radius 3 is 2.33 bits per heavy atom. The second-order valence-corrected chi connectivity index (χ2v) is 4.66. The van der Waals surface area contributed by atoms with Gasteiger partial charge < -0.3 is 10.4 Å². The van der Waals surface area contributed by atoms with Crippen molar-refractivity contribution in [3.63, 3.8) is 0 Å². The van der Waals surface area contributed by atoms with Crippen molar-refractivity contribution in [2.45, 2.75) is 0 Å². The van der Waals surface area contributed by atoms with Crippen LogP contribution >= 0.6 is 11.6 Å². The number of aromatic hydroxyl groups is 1. The Bertz CT molecular complexity index is 713. The average molecular weight is 299 g/mol. The van der Waals surface area contributed by atoms with Crippen LogP contribution in [0.5, 0.6) is 5.75 Å². The number of anilines is 1. The molecule has 0 aliphatic heterocycles. The molecule has 0 unspecified atom stereocenters. The second-order valence-electron chi connectivity index (χ2n) is 4.22. The number of hydrogen-bond acceptors (Lipinski definition) is 3. The lowest BCUT2D eigenvalue weighted by molar-refractivity contribution is -0.112. The van der Waals surface area contributed by atoms with E-state index in [0.29, 0.717) is 16.3 Å². The molecule has 4 nitrogen and oxygen atoms in total. The number of nitrogens with one attached hydrogen (secondary N) is 1. The zero-order valence-corrected chi connectivity index (χ0v) is 11.6. The highest BCUT2D eigenvalue weighted by Gasteiger charge is 2.09. The van der Waals surface area contributed by atoms with Gasteiger partial charge in [0.2, 0.25) is 0 Å². The van der Waals surface area contributed by atoms with Crippen molar-refractivity contribution in [1.82, 2.24) is 0 Å². The zero-order chi connectivity index (χ0) is 15.2. The van der Waals surface area contributed by atoms with Gasteiger partial charge in [0.05, 0.1) is 0 Å². The maximum absolute atomic E-state index is 12.0. The number of amides is 1. The number of benzene rings is 2. The van der Waals surface area contributed by atoms with E-state index in [4.69, 9.17) is 16.9 Å². The van der Waals surface area contributed by atoms with Crippen molar-refractivity contribution in [3.8, 4) is 11.8 Å². The third-order valence-electron chi connectivity index (χ3n) is 2.67. The number of carbonyl (C=O) groups is 1. The van der Waals surface area contributed by atoms with Gasteiger partial charge in [-0.3, -0.25) is 4.79 Å². The first-order valence-corrected chi connectivity index (χ1v) is 6.44. The first-order valence-electron chi connectivity index (χ1n) is 6.06. The molecule has 2 N–H and O–H groups in total. The van der Waals surface area contributed by atoms with Gasteiger partial charge in [-0.05, 0) is 48.0 Å². The Morgan fingerprint density at radius 2 is 1.76 bits per heavy atom. The lowest BCUT2D eigenvalue weighted by Crippen LogP contribution is -2.13. The minimum Gasteiger partial charge on any atom is -0.508 e. The highest BCUT2D eigenvalue weighted by molar-refractivity contribution is 6.30. The molecule has 0 fully saturated rings. The highest BCUT2D eigenvalue weighted by Crippen LogP contribution is 2.16. The Kier molecular flexibility index (Phi) is 4.60. The van der Waals surface area contributed by atoms with Gasteiger partial charge >= 0.3 is 0 Å². The second kappa shape index (κ2) is 6.60. The van der Waals surface area contributed by atoms with E-state index in [2.05, 4.69) is 5.32 Å². The molecular formula is C16H11ClN2O2. The summed E-state index contributed by atoms with van der Waals surface area (Å²) in [6, 6.07) is 14.6. The molecule has 104 valence electrons. The number of hydrogen-bond donors (Lipinski definition) is 2. The smallest absolute Gasteiger partial charge is 0.266 e. The number of rotatable bonds is 3. The summed E-state index contributed by atoms with van der Waals surface area (Å²) in [5.74, 6) is -0.414. The van der Waals surface area contributed by atoms with Gasteiger partial charge in [-0.15, -0.1) is 0 Å². The van der Waals surface area contributed by atoms with Crippen molar-refractivity contribution in [3.05, 3.63) is 64.7 Å². The van der Waals surface area contributed by atoms with E-state index in [-0.39, 0.29) is 11.3 Å². The summed E-state index contributed by atoms with van der Waals surface area (Å²) in [5, 5.41) is 21.4. The number of carbonyl (C=O) groups excluding carboxylic acids is 1. The minimum atomic E-state index is -0.516. The maximum Gasteiger partial charge on any atom is 0.266 e. The third-order valence-corrected chi connectivity index (χ3v) is 2.92. The van der Waals surface area contributed by atoms with Crippen LogP contribution in [0.25, 0.3) is 6.08 Å². The average Bonchev–Trinajstić information content (AvgIpc) is 2.49. The quantitative estimate of drug-likeness (QED) is 0.516. The molecule has 21 heavy (non-hydrogen) atoms. The van der Waals surface area contributed by atoms with Gasteiger partial charge in [-0.25, -0.2) is 0 Å². The van der Waals surface area contributed by atoms with Crippen LogP contribution in [0.4, 0.5) is 5.69 Å². The van der Waals surface area contributed by atoms with Gasteiger partial charge in [0.1, 0.15) is 17.4 Å². The molecule has 2 aromatic rings. The molecule has 0 saturated heterocycles. The molecule has 0 atom stereocenters. The fourth-order valence-electron chi connectivity index (χ4n) is 1.62.